The Labute approximate surface area is 125 Å². The SMILES string of the molecule is OC(c1cc2ccccc2s1)c1cccc(Cl)c1Cl. The molecule has 0 bridgehead atoms. The van der Waals surface area contributed by atoms with Crippen molar-refractivity contribution in [3.05, 3.63) is 69.0 Å². The van der Waals surface area contributed by atoms with Crippen LogP contribution in [0.5, 0.6) is 0 Å². The largest absolute Gasteiger partial charge is 0.383 e. The molecule has 1 nitrogen and oxygen atoms in total. The molecule has 0 amide bonds. The van der Waals surface area contributed by atoms with Gasteiger partial charge in [-0.3, -0.25) is 0 Å². The molecule has 19 heavy (non-hydrogen) atoms. The van der Waals surface area contributed by atoms with E-state index in [-0.39, 0.29) is 0 Å². The lowest BCUT2D eigenvalue weighted by molar-refractivity contribution is 0.224. The third kappa shape index (κ3) is 2.37. The summed E-state index contributed by atoms with van der Waals surface area (Å²) in [6, 6.07) is 15.3. The number of hydrogen-bond acceptors (Lipinski definition) is 2. The van der Waals surface area contributed by atoms with Crippen molar-refractivity contribution in [2.45, 2.75) is 6.10 Å². The molecule has 0 spiro atoms. The topological polar surface area (TPSA) is 20.2 Å². The van der Waals surface area contributed by atoms with E-state index < -0.39 is 6.10 Å². The zero-order chi connectivity index (χ0) is 13.4. The zero-order valence-electron chi connectivity index (χ0n) is 9.81. The lowest BCUT2D eigenvalue weighted by Crippen LogP contribution is -1.98. The molecule has 1 unspecified atom stereocenters. The highest BCUT2D eigenvalue weighted by molar-refractivity contribution is 7.19. The fourth-order valence-electron chi connectivity index (χ4n) is 2.02. The van der Waals surface area contributed by atoms with E-state index >= 15 is 0 Å². The van der Waals surface area contributed by atoms with E-state index in [4.69, 9.17) is 23.2 Å². The highest BCUT2D eigenvalue weighted by atomic mass is 35.5. The smallest absolute Gasteiger partial charge is 0.115 e. The molecule has 3 rings (SSSR count). The van der Waals surface area contributed by atoms with Crippen LogP contribution >= 0.6 is 34.5 Å². The van der Waals surface area contributed by atoms with Crippen molar-refractivity contribution in [2.24, 2.45) is 0 Å². The lowest BCUT2D eigenvalue weighted by Gasteiger charge is -2.11. The second-order valence-electron chi connectivity index (χ2n) is 4.23. The summed E-state index contributed by atoms with van der Waals surface area (Å²) in [5.41, 5.74) is 0.640. The van der Waals surface area contributed by atoms with Gasteiger partial charge in [0.05, 0.1) is 10.0 Å². The van der Waals surface area contributed by atoms with Gasteiger partial charge in [-0.25, -0.2) is 0 Å². The van der Waals surface area contributed by atoms with Crippen molar-refractivity contribution in [1.29, 1.82) is 0 Å². The highest BCUT2D eigenvalue weighted by Gasteiger charge is 2.17. The van der Waals surface area contributed by atoms with Crippen LogP contribution in [-0.2, 0) is 0 Å². The van der Waals surface area contributed by atoms with Crippen LogP contribution in [0.2, 0.25) is 10.0 Å². The van der Waals surface area contributed by atoms with Crippen LogP contribution < -0.4 is 0 Å². The molecule has 0 aliphatic heterocycles. The van der Waals surface area contributed by atoms with Crippen molar-refractivity contribution >= 4 is 44.6 Å². The summed E-state index contributed by atoms with van der Waals surface area (Å²) >= 11 is 13.7. The predicted octanol–water partition coefficient (Wildman–Crippen LogP) is 5.29. The summed E-state index contributed by atoms with van der Waals surface area (Å²) in [4.78, 5) is 0.866. The average molecular weight is 309 g/mol. The number of hydrogen-bond donors (Lipinski definition) is 1. The second kappa shape index (κ2) is 5.14. The minimum Gasteiger partial charge on any atom is -0.383 e. The van der Waals surface area contributed by atoms with Gasteiger partial charge in [0.25, 0.3) is 0 Å². The summed E-state index contributed by atoms with van der Waals surface area (Å²) in [5.74, 6) is 0. The van der Waals surface area contributed by atoms with Crippen molar-refractivity contribution in [3.8, 4) is 0 Å². The van der Waals surface area contributed by atoms with Crippen molar-refractivity contribution < 1.29 is 5.11 Å². The molecule has 96 valence electrons. The molecule has 0 aliphatic carbocycles. The van der Waals surface area contributed by atoms with Crippen LogP contribution in [0, 0.1) is 0 Å². The first-order valence-corrected chi connectivity index (χ1v) is 7.34. The molecular formula is C15H10Cl2OS. The van der Waals surface area contributed by atoms with Gasteiger partial charge in [-0.05, 0) is 23.6 Å². The molecule has 0 fully saturated rings. The monoisotopic (exact) mass is 308 g/mol. The second-order valence-corrected chi connectivity index (χ2v) is 6.13. The fraction of sp³-hybridized carbons (Fsp3) is 0.0667. The average Bonchev–Trinajstić information content (AvgIpc) is 2.85. The van der Waals surface area contributed by atoms with E-state index in [9.17, 15) is 5.11 Å². The Balaban J connectivity index is 2.08. The highest BCUT2D eigenvalue weighted by Crippen LogP contribution is 2.37. The quantitative estimate of drug-likeness (QED) is 0.682. The normalized spacial score (nSPS) is 12.8. The van der Waals surface area contributed by atoms with Gasteiger partial charge in [0.2, 0.25) is 0 Å². The third-order valence-electron chi connectivity index (χ3n) is 2.99. The van der Waals surface area contributed by atoms with Gasteiger partial charge in [0.1, 0.15) is 6.10 Å². The van der Waals surface area contributed by atoms with E-state index in [0.717, 1.165) is 15.0 Å². The summed E-state index contributed by atoms with van der Waals surface area (Å²) in [6.45, 7) is 0. The lowest BCUT2D eigenvalue weighted by atomic mass is 10.1. The number of rotatable bonds is 2. The standard InChI is InChI=1S/C15H10Cl2OS/c16-11-6-3-5-10(14(11)17)15(18)13-8-9-4-1-2-7-12(9)19-13/h1-8,15,18H. The number of benzene rings is 2. The first-order valence-electron chi connectivity index (χ1n) is 5.77. The molecule has 4 heteroatoms. The molecule has 1 aromatic heterocycles. The van der Waals surface area contributed by atoms with Gasteiger partial charge in [0, 0.05) is 15.1 Å². The van der Waals surface area contributed by atoms with E-state index in [2.05, 4.69) is 0 Å². The van der Waals surface area contributed by atoms with Gasteiger partial charge >= 0.3 is 0 Å². The Bertz CT molecular complexity index is 703. The molecule has 0 saturated heterocycles. The van der Waals surface area contributed by atoms with E-state index in [1.54, 1.807) is 29.5 Å². The minimum atomic E-state index is -0.747. The molecule has 1 atom stereocenters. The van der Waals surface area contributed by atoms with E-state index in [1.165, 1.54) is 0 Å². The number of fused-ring (bicyclic) bond motifs is 1. The van der Waals surface area contributed by atoms with Crippen molar-refractivity contribution in [2.75, 3.05) is 0 Å². The summed E-state index contributed by atoms with van der Waals surface area (Å²) in [5, 5.41) is 12.5. The molecule has 1 N–H and O–H groups in total. The minimum absolute atomic E-state index is 0.411. The van der Waals surface area contributed by atoms with Gasteiger partial charge in [-0.15, -0.1) is 11.3 Å². The number of aliphatic hydroxyl groups is 1. The van der Waals surface area contributed by atoms with Crippen LogP contribution in [-0.4, -0.2) is 5.11 Å². The number of aliphatic hydroxyl groups excluding tert-OH is 1. The van der Waals surface area contributed by atoms with Gasteiger partial charge in [-0.2, -0.15) is 0 Å². The number of thiophene rings is 1. The van der Waals surface area contributed by atoms with Gasteiger partial charge in [-0.1, -0.05) is 53.5 Å². The number of halogens is 2. The summed E-state index contributed by atoms with van der Waals surface area (Å²) < 4.78 is 1.15. The maximum absolute atomic E-state index is 10.5. The van der Waals surface area contributed by atoms with Crippen LogP contribution in [0.15, 0.2) is 48.5 Å². The van der Waals surface area contributed by atoms with Crippen molar-refractivity contribution in [1.82, 2.24) is 0 Å². The Morgan fingerprint density at radius 1 is 1.00 bits per heavy atom. The summed E-state index contributed by atoms with van der Waals surface area (Å²) in [6.07, 6.45) is -0.747. The first-order chi connectivity index (χ1) is 9.16. The Kier molecular flexibility index (Phi) is 3.50. The maximum Gasteiger partial charge on any atom is 0.115 e. The zero-order valence-corrected chi connectivity index (χ0v) is 12.1. The summed E-state index contributed by atoms with van der Waals surface area (Å²) in [7, 11) is 0. The van der Waals surface area contributed by atoms with Crippen LogP contribution in [0.1, 0.15) is 16.5 Å². The molecule has 0 saturated carbocycles. The molecule has 3 aromatic rings. The maximum atomic E-state index is 10.5. The van der Waals surface area contributed by atoms with Gasteiger partial charge < -0.3 is 5.11 Å². The van der Waals surface area contributed by atoms with E-state index in [0.29, 0.717) is 15.6 Å². The molecule has 0 radical (unpaired) electrons. The molecule has 0 aliphatic rings. The molecule has 2 aromatic carbocycles. The van der Waals surface area contributed by atoms with Crippen molar-refractivity contribution in [3.63, 3.8) is 0 Å². The Morgan fingerprint density at radius 2 is 1.79 bits per heavy atom. The fourth-order valence-corrected chi connectivity index (χ4v) is 3.50. The third-order valence-corrected chi connectivity index (χ3v) is 4.99. The van der Waals surface area contributed by atoms with Gasteiger partial charge in [0.15, 0.2) is 0 Å². The van der Waals surface area contributed by atoms with Crippen LogP contribution in [0.25, 0.3) is 10.1 Å². The van der Waals surface area contributed by atoms with E-state index in [1.807, 2.05) is 30.3 Å². The Hall–Kier alpha value is -1.06. The Morgan fingerprint density at radius 3 is 2.58 bits per heavy atom. The predicted molar refractivity (Wildman–Crippen MR) is 82.3 cm³/mol. The first kappa shape index (κ1) is 12.9. The molecule has 1 heterocycles. The molecular weight excluding hydrogens is 299 g/mol. The van der Waals surface area contributed by atoms with Crippen LogP contribution in [0.3, 0.4) is 0 Å². The van der Waals surface area contributed by atoms with Crippen LogP contribution in [0.4, 0.5) is 0 Å².